The number of rotatable bonds is 4. The van der Waals surface area contributed by atoms with Gasteiger partial charge in [0.2, 0.25) is 5.91 Å². The molecule has 0 radical (unpaired) electrons. The summed E-state index contributed by atoms with van der Waals surface area (Å²) in [6.07, 6.45) is 0.688. The Labute approximate surface area is 147 Å². The van der Waals surface area contributed by atoms with Gasteiger partial charge in [-0.05, 0) is 25.2 Å². The first-order valence-electron chi connectivity index (χ1n) is 8.46. The monoisotopic (exact) mass is 368 g/mol. The number of hydrogen-bond acceptors (Lipinski definition) is 6. The standard InChI is InChI=1S/C16H24N4O4S/c1-9(2)14(13-6-11(4)18-24-13)16(21)20-7-10(3)5-12(20)15-17-8-25(22,23)19-15/h6,9-10,12,14H,5,7-8H2,1-4H3,(H,17,19)/t10-,12+,14?/m1/s1. The summed E-state index contributed by atoms with van der Waals surface area (Å²) in [5, 5.41) is 3.90. The van der Waals surface area contributed by atoms with E-state index < -0.39 is 15.9 Å². The molecule has 2 aliphatic heterocycles. The molecule has 0 aliphatic carbocycles. The predicted molar refractivity (Wildman–Crippen MR) is 92.5 cm³/mol. The molecule has 1 fully saturated rings. The number of aromatic nitrogens is 1. The van der Waals surface area contributed by atoms with Gasteiger partial charge < -0.3 is 9.42 Å². The zero-order valence-electron chi connectivity index (χ0n) is 14.9. The number of sulfonamides is 1. The Bertz CT molecular complexity index is 799. The van der Waals surface area contributed by atoms with E-state index in [1.54, 1.807) is 11.0 Å². The van der Waals surface area contributed by atoms with E-state index in [9.17, 15) is 13.2 Å². The summed E-state index contributed by atoms with van der Waals surface area (Å²) in [7, 11) is -3.41. The molecule has 0 bridgehead atoms. The van der Waals surface area contributed by atoms with Crippen molar-refractivity contribution in [2.24, 2.45) is 16.8 Å². The molecule has 0 saturated carbocycles. The van der Waals surface area contributed by atoms with Crippen molar-refractivity contribution in [3.05, 3.63) is 17.5 Å². The molecule has 25 heavy (non-hydrogen) atoms. The van der Waals surface area contributed by atoms with Crippen molar-refractivity contribution < 1.29 is 17.7 Å². The third-order valence-electron chi connectivity index (χ3n) is 4.66. The summed E-state index contributed by atoms with van der Waals surface area (Å²) in [5.74, 6) is 0.412. The van der Waals surface area contributed by atoms with Crippen molar-refractivity contribution in [2.45, 2.75) is 46.1 Å². The van der Waals surface area contributed by atoms with Gasteiger partial charge in [-0.2, -0.15) is 0 Å². The molecule has 3 atom stereocenters. The second-order valence-corrected chi connectivity index (χ2v) is 9.02. The van der Waals surface area contributed by atoms with E-state index in [2.05, 4.69) is 14.9 Å². The van der Waals surface area contributed by atoms with Crippen LogP contribution in [0.4, 0.5) is 0 Å². The Morgan fingerprint density at radius 2 is 2.16 bits per heavy atom. The summed E-state index contributed by atoms with van der Waals surface area (Å²) in [5.41, 5.74) is 0.729. The molecule has 1 aromatic heterocycles. The van der Waals surface area contributed by atoms with Gasteiger partial charge in [0.1, 0.15) is 17.5 Å². The molecule has 1 saturated heterocycles. The minimum absolute atomic E-state index is 0.0265. The maximum atomic E-state index is 13.3. The average molecular weight is 368 g/mol. The van der Waals surface area contributed by atoms with Crippen LogP contribution in [0.25, 0.3) is 0 Å². The van der Waals surface area contributed by atoms with Crippen LogP contribution in [-0.2, 0) is 14.8 Å². The zero-order chi connectivity index (χ0) is 18.4. The van der Waals surface area contributed by atoms with Crippen LogP contribution >= 0.6 is 0 Å². The van der Waals surface area contributed by atoms with Crippen molar-refractivity contribution in [3.8, 4) is 0 Å². The number of amides is 1. The van der Waals surface area contributed by atoms with Gasteiger partial charge in [0.15, 0.2) is 5.88 Å². The van der Waals surface area contributed by atoms with Crippen molar-refractivity contribution in [2.75, 3.05) is 12.4 Å². The fourth-order valence-corrected chi connectivity index (χ4v) is 4.44. The maximum Gasteiger partial charge on any atom is 0.254 e. The van der Waals surface area contributed by atoms with Gasteiger partial charge in [0.25, 0.3) is 10.0 Å². The highest BCUT2D eigenvalue weighted by atomic mass is 32.2. The number of aryl methyl sites for hydroxylation is 1. The van der Waals surface area contributed by atoms with E-state index in [0.29, 0.717) is 24.6 Å². The van der Waals surface area contributed by atoms with Crippen LogP contribution in [0.5, 0.6) is 0 Å². The van der Waals surface area contributed by atoms with Crippen LogP contribution in [0.1, 0.15) is 44.6 Å². The van der Waals surface area contributed by atoms with E-state index in [-0.39, 0.29) is 29.7 Å². The number of aliphatic imine (C=N–C) groups is 1. The normalized spacial score (nSPS) is 26.6. The molecular formula is C16H24N4O4S. The molecular weight excluding hydrogens is 344 g/mol. The molecule has 2 aliphatic rings. The fraction of sp³-hybridized carbons (Fsp3) is 0.688. The molecule has 0 spiro atoms. The van der Waals surface area contributed by atoms with Gasteiger partial charge in [0.05, 0.1) is 11.7 Å². The number of likely N-dealkylation sites (tertiary alicyclic amines) is 1. The first-order chi connectivity index (χ1) is 11.7. The molecule has 1 amide bonds. The van der Waals surface area contributed by atoms with Crippen LogP contribution in [0.3, 0.4) is 0 Å². The highest BCUT2D eigenvalue weighted by Gasteiger charge is 2.43. The molecule has 3 rings (SSSR count). The fourth-order valence-electron chi connectivity index (χ4n) is 3.54. The van der Waals surface area contributed by atoms with Crippen LogP contribution in [0.2, 0.25) is 0 Å². The number of nitrogens with one attached hydrogen (secondary N) is 1. The Morgan fingerprint density at radius 3 is 2.68 bits per heavy atom. The molecule has 0 aromatic carbocycles. The van der Waals surface area contributed by atoms with Crippen LogP contribution in [0.15, 0.2) is 15.6 Å². The summed E-state index contributed by atoms with van der Waals surface area (Å²) < 4.78 is 31.2. The Kier molecular flexibility index (Phi) is 4.61. The number of carbonyl (C=O) groups is 1. The second-order valence-electron chi connectivity index (χ2n) is 7.33. The molecule has 3 heterocycles. The maximum absolute atomic E-state index is 13.3. The van der Waals surface area contributed by atoms with Gasteiger partial charge in [-0.15, -0.1) is 0 Å². The third kappa shape index (κ3) is 3.56. The topological polar surface area (TPSA) is 105 Å². The summed E-state index contributed by atoms with van der Waals surface area (Å²) >= 11 is 0. The SMILES string of the molecule is Cc1cc(C(C(=O)N2C[C@H](C)C[C@H]2C2=NCS(=O)(=O)N2)C(C)C)on1. The Morgan fingerprint density at radius 1 is 1.44 bits per heavy atom. The summed E-state index contributed by atoms with van der Waals surface area (Å²) in [4.78, 5) is 19.1. The van der Waals surface area contributed by atoms with Crippen LogP contribution in [0, 0.1) is 18.8 Å². The first kappa shape index (κ1) is 17.9. The lowest BCUT2D eigenvalue weighted by atomic mass is 9.91. The molecule has 8 nitrogen and oxygen atoms in total. The van der Waals surface area contributed by atoms with Gasteiger partial charge in [0, 0.05) is 12.6 Å². The number of nitrogens with zero attached hydrogens (tertiary/aromatic N) is 3. The van der Waals surface area contributed by atoms with E-state index >= 15 is 0 Å². The predicted octanol–water partition coefficient (Wildman–Crippen LogP) is 1.25. The van der Waals surface area contributed by atoms with Gasteiger partial charge in [-0.3, -0.25) is 14.5 Å². The second kappa shape index (κ2) is 6.44. The molecule has 1 unspecified atom stereocenters. The summed E-state index contributed by atoms with van der Waals surface area (Å²) in [6.45, 7) is 8.36. The average Bonchev–Trinajstić information content (AvgIpc) is 3.18. The first-order valence-corrected chi connectivity index (χ1v) is 10.1. The largest absolute Gasteiger partial charge is 0.360 e. The molecule has 138 valence electrons. The number of amidine groups is 1. The van der Waals surface area contributed by atoms with E-state index in [1.165, 1.54) is 0 Å². The highest BCUT2D eigenvalue weighted by Crippen LogP contribution is 2.33. The lowest BCUT2D eigenvalue weighted by molar-refractivity contribution is -0.134. The minimum atomic E-state index is -3.41. The molecule has 1 aromatic rings. The highest BCUT2D eigenvalue weighted by molar-refractivity contribution is 7.90. The van der Waals surface area contributed by atoms with E-state index in [0.717, 1.165) is 5.69 Å². The van der Waals surface area contributed by atoms with Crippen molar-refractivity contribution >= 4 is 21.8 Å². The van der Waals surface area contributed by atoms with Crippen molar-refractivity contribution in [1.29, 1.82) is 0 Å². The minimum Gasteiger partial charge on any atom is -0.360 e. The smallest absolute Gasteiger partial charge is 0.254 e. The summed E-state index contributed by atoms with van der Waals surface area (Å²) in [6, 6.07) is 1.44. The van der Waals surface area contributed by atoms with Crippen LogP contribution < -0.4 is 4.72 Å². The van der Waals surface area contributed by atoms with Crippen molar-refractivity contribution in [3.63, 3.8) is 0 Å². The van der Waals surface area contributed by atoms with Crippen LogP contribution in [-0.4, -0.2) is 48.7 Å². The third-order valence-corrected chi connectivity index (χ3v) is 5.65. The lowest BCUT2D eigenvalue weighted by Crippen LogP contribution is -2.47. The Hall–Kier alpha value is -1.90. The number of carbonyl (C=O) groups excluding carboxylic acids is 1. The number of hydrogen-bond donors (Lipinski definition) is 1. The zero-order valence-corrected chi connectivity index (χ0v) is 15.7. The Balaban J connectivity index is 1.88. The van der Waals surface area contributed by atoms with Gasteiger partial charge in [-0.25, -0.2) is 8.42 Å². The van der Waals surface area contributed by atoms with E-state index in [4.69, 9.17) is 4.52 Å². The molecule has 1 N–H and O–H groups in total. The van der Waals surface area contributed by atoms with Gasteiger partial charge in [-0.1, -0.05) is 25.9 Å². The lowest BCUT2D eigenvalue weighted by Gasteiger charge is -2.29. The van der Waals surface area contributed by atoms with E-state index in [1.807, 2.05) is 27.7 Å². The quantitative estimate of drug-likeness (QED) is 0.861. The van der Waals surface area contributed by atoms with Gasteiger partial charge >= 0.3 is 0 Å². The van der Waals surface area contributed by atoms with Crippen molar-refractivity contribution in [1.82, 2.24) is 14.8 Å². The molecule has 9 heteroatoms.